The van der Waals surface area contributed by atoms with Gasteiger partial charge in [-0.25, -0.2) is 9.59 Å². The minimum atomic E-state index is -0.406. The van der Waals surface area contributed by atoms with Gasteiger partial charge < -0.3 is 18.9 Å². The molecule has 3 rings (SSSR count). The molecule has 0 aromatic heterocycles. The Bertz CT molecular complexity index is 1210. The summed E-state index contributed by atoms with van der Waals surface area (Å²) in [5.41, 5.74) is 2.19. The molecular formula is C30H38O6. The minimum absolute atomic E-state index is 0.188. The second kappa shape index (κ2) is 12.6. The van der Waals surface area contributed by atoms with E-state index in [9.17, 15) is 9.59 Å². The molecule has 0 atom stereocenters. The van der Waals surface area contributed by atoms with Crippen molar-refractivity contribution in [2.45, 2.75) is 54.4 Å². The van der Waals surface area contributed by atoms with Crippen molar-refractivity contribution in [2.75, 3.05) is 26.4 Å². The lowest BCUT2D eigenvalue weighted by atomic mass is 9.94. The molecule has 0 fully saturated rings. The number of rotatable bonds is 12. The fourth-order valence-corrected chi connectivity index (χ4v) is 4.00. The largest absolute Gasteiger partial charge is 0.481 e. The molecule has 0 saturated heterocycles. The van der Waals surface area contributed by atoms with Gasteiger partial charge in [-0.15, -0.1) is 0 Å². The van der Waals surface area contributed by atoms with Crippen molar-refractivity contribution < 1.29 is 28.5 Å². The van der Waals surface area contributed by atoms with Gasteiger partial charge in [0.25, 0.3) is 0 Å². The lowest BCUT2D eigenvalue weighted by Gasteiger charge is -2.20. The summed E-state index contributed by atoms with van der Waals surface area (Å²) >= 11 is 0. The third-order valence-electron chi connectivity index (χ3n) is 5.81. The van der Waals surface area contributed by atoms with Gasteiger partial charge in [-0.3, -0.25) is 0 Å². The summed E-state index contributed by atoms with van der Waals surface area (Å²) in [6.07, 6.45) is 1.61. The van der Waals surface area contributed by atoms with E-state index in [0.717, 1.165) is 45.5 Å². The van der Waals surface area contributed by atoms with Crippen LogP contribution >= 0.6 is 0 Å². The molecular weight excluding hydrogens is 456 g/mol. The molecule has 0 saturated carbocycles. The molecule has 6 nitrogen and oxygen atoms in total. The highest BCUT2D eigenvalue weighted by molar-refractivity contribution is 6.12. The maximum atomic E-state index is 12.4. The molecule has 0 aliphatic heterocycles. The summed E-state index contributed by atoms with van der Waals surface area (Å²) in [6, 6.07) is 12.1. The summed E-state index contributed by atoms with van der Waals surface area (Å²) in [5.74, 6) is 0.920. The number of aryl methyl sites for hydroxylation is 2. The number of carbonyl (C=O) groups is 2. The first-order valence-electron chi connectivity index (χ1n) is 12.8. The van der Waals surface area contributed by atoms with Crippen molar-refractivity contribution in [1.29, 1.82) is 0 Å². The summed E-state index contributed by atoms with van der Waals surface area (Å²) < 4.78 is 23.0. The molecule has 0 radical (unpaired) electrons. The molecule has 0 N–H and O–H groups in total. The normalized spacial score (nSPS) is 11.3. The van der Waals surface area contributed by atoms with Gasteiger partial charge in [0.1, 0.15) is 11.5 Å². The van der Waals surface area contributed by atoms with Crippen molar-refractivity contribution in [2.24, 2.45) is 11.8 Å². The van der Waals surface area contributed by atoms with Crippen LogP contribution in [0.3, 0.4) is 0 Å². The van der Waals surface area contributed by atoms with Crippen LogP contribution in [0.1, 0.15) is 52.7 Å². The zero-order valence-corrected chi connectivity index (χ0v) is 22.3. The van der Waals surface area contributed by atoms with Gasteiger partial charge in [-0.2, -0.15) is 0 Å². The van der Waals surface area contributed by atoms with Gasteiger partial charge in [0.15, 0.2) is 13.2 Å². The number of hydrogen-bond donors (Lipinski definition) is 0. The molecule has 194 valence electrons. The van der Waals surface area contributed by atoms with E-state index in [2.05, 4.69) is 19.9 Å². The van der Waals surface area contributed by atoms with Crippen LogP contribution < -0.4 is 9.47 Å². The first-order chi connectivity index (χ1) is 17.2. The Morgan fingerprint density at radius 3 is 1.89 bits per heavy atom. The van der Waals surface area contributed by atoms with Crippen LogP contribution in [0.5, 0.6) is 11.5 Å². The van der Waals surface area contributed by atoms with E-state index in [-0.39, 0.29) is 25.0 Å². The number of esters is 2. The summed E-state index contributed by atoms with van der Waals surface area (Å²) in [6.45, 7) is 12.4. The van der Waals surface area contributed by atoms with E-state index in [4.69, 9.17) is 18.9 Å². The lowest BCUT2D eigenvalue weighted by molar-refractivity contribution is -0.147. The predicted molar refractivity (Wildman–Crippen MR) is 143 cm³/mol. The predicted octanol–water partition coefficient (Wildman–Crippen LogP) is 6.27. The van der Waals surface area contributed by atoms with Gasteiger partial charge in [0, 0.05) is 21.5 Å². The van der Waals surface area contributed by atoms with Crippen LogP contribution in [0.25, 0.3) is 21.5 Å². The molecule has 6 heteroatoms. The van der Waals surface area contributed by atoms with Crippen molar-refractivity contribution >= 4 is 33.5 Å². The van der Waals surface area contributed by atoms with Crippen LogP contribution in [0, 0.1) is 11.8 Å². The Morgan fingerprint density at radius 2 is 1.33 bits per heavy atom. The van der Waals surface area contributed by atoms with E-state index in [1.54, 1.807) is 0 Å². The maximum Gasteiger partial charge on any atom is 0.344 e. The monoisotopic (exact) mass is 494 g/mol. The molecule has 0 aliphatic rings. The average molecular weight is 495 g/mol. The number of fused-ring (bicyclic) bond motifs is 2. The SMILES string of the molecule is CCc1ccc2c(OCC(=O)OCC(C)C)c3c(CC)cccc3c(OCC(=O)OCC(C)C)c2c1. The Kier molecular flexibility index (Phi) is 9.57. The number of benzene rings is 3. The van der Waals surface area contributed by atoms with Gasteiger partial charge in [-0.1, -0.05) is 71.9 Å². The Morgan fingerprint density at radius 1 is 0.722 bits per heavy atom. The Hall–Kier alpha value is -3.28. The smallest absolute Gasteiger partial charge is 0.344 e. The first kappa shape index (κ1) is 27.3. The van der Waals surface area contributed by atoms with E-state index in [0.29, 0.717) is 24.7 Å². The average Bonchev–Trinajstić information content (AvgIpc) is 2.87. The van der Waals surface area contributed by atoms with E-state index in [1.165, 1.54) is 0 Å². The molecule has 3 aromatic rings. The molecule has 0 unspecified atom stereocenters. The summed E-state index contributed by atoms with van der Waals surface area (Å²) in [7, 11) is 0. The van der Waals surface area contributed by atoms with Crippen LogP contribution in [-0.2, 0) is 31.9 Å². The highest BCUT2D eigenvalue weighted by Gasteiger charge is 2.21. The third kappa shape index (κ3) is 6.68. The van der Waals surface area contributed by atoms with E-state index < -0.39 is 11.9 Å². The fraction of sp³-hybridized carbons (Fsp3) is 0.467. The standard InChI is InChI=1S/C30H38O6/c1-7-21-12-13-23-25(14-21)29(35-17-26(31)33-15-19(3)4)24-11-9-10-22(8-2)28(24)30(23)36-18-27(32)34-16-20(5)6/h9-14,19-20H,7-8,15-18H2,1-6H3. The summed E-state index contributed by atoms with van der Waals surface area (Å²) in [5, 5.41) is 3.36. The molecule has 36 heavy (non-hydrogen) atoms. The molecule has 0 bridgehead atoms. The zero-order valence-electron chi connectivity index (χ0n) is 22.3. The van der Waals surface area contributed by atoms with Crippen LogP contribution in [0.4, 0.5) is 0 Å². The maximum absolute atomic E-state index is 12.4. The minimum Gasteiger partial charge on any atom is -0.481 e. The van der Waals surface area contributed by atoms with Crippen molar-refractivity contribution in [3.05, 3.63) is 47.5 Å². The molecule has 0 amide bonds. The van der Waals surface area contributed by atoms with Crippen molar-refractivity contribution in [1.82, 2.24) is 0 Å². The van der Waals surface area contributed by atoms with E-state index in [1.807, 2.05) is 58.0 Å². The van der Waals surface area contributed by atoms with Gasteiger partial charge in [0.2, 0.25) is 0 Å². The Balaban J connectivity index is 2.10. The van der Waals surface area contributed by atoms with Crippen molar-refractivity contribution in [3.63, 3.8) is 0 Å². The molecule has 0 aliphatic carbocycles. The molecule has 0 heterocycles. The van der Waals surface area contributed by atoms with Gasteiger partial charge in [0.05, 0.1) is 13.2 Å². The van der Waals surface area contributed by atoms with Crippen molar-refractivity contribution in [3.8, 4) is 11.5 Å². The van der Waals surface area contributed by atoms with Gasteiger partial charge in [-0.05, 0) is 41.9 Å². The quantitative estimate of drug-likeness (QED) is 0.218. The number of carbonyl (C=O) groups excluding carboxylic acids is 2. The number of ether oxygens (including phenoxy) is 4. The molecule has 0 spiro atoms. The third-order valence-corrected chi connectivity index (χ3v) is 5.81. The topological polar surface area (TPSA) is 71.1 Å². The first-order valence-corrected chi connectivity index (χ1v) is 12.8. The zero-order chi connectivity index (χ0) is 26.2. The highest BCUT2D eigenvalue weighted by Crippen LogP contribution is 2.44. The van der Waals surface area contributed by atoms with Crippen LogP contribution in [0.2, 0.25) is 0 Å². The van der Waals surface area contributed by atoms with E-state index >= 15 is 0 Å². The molecule has 3 aromatic carbocycles. The highest BCUT2D eigenvalue weighted by atomic mass is 16.6. The van der Waals surface area contributed by atoms with Crippen LogP contribution in [-0.4, -0.2) is 38.4 Å². The second-order valence-electron chi connectivity index (χ2n) is 9.82. The fourth-order valence-electron chi connectivity index (χ4n) is 4.00. The Labute approximate surface area is 213 Å². The van der Waals surface area contributed by atoms with Crippen LogP contribution in [0.15, 0.2) is 36.4 Å². The second-order valence-corrected chi connectivity index (χ2v) is 9.82. The summed E-state index contributed by atoms with van der Waals surface area (Å²) in [4.78, 5) is 24.7. The number of hydrogen-bond acceptors (Lipinski definition) is 6. The lowest BCUT2D eigenvalue weighted by Crippen LogP contribution is -2.18. The van der Waals surface area contributed by atoms with Gasteiger partial charge >= 0.3 is 11.9 Å².